The van der Waals surface area contributed by atoms with Crippen molar-refractivity contribution in [2.45, 2.75) is 49.1 Å². The van der Waals surface area contributed by atoms with Gasteiger partial charge in [-0.05, 0) is 0 Å². The molecule has 21 nitrogen and oxygen atoms in total. The van der Waals surface area contributed by atoms with Crippen molar-refractivity contribution in [1.29, 1.82) is 0 Å². The van der Waals surface area contributed by atoms with E-state index in [1.54, 1.807) is 0 Å². The second kappa shape index (κ2) is 13.7. The Kier molecular flexibility index (Phi) is 9.84. The van der Waals surface area contributed by atoms with E-state index < -0.39 is 84.3 Å². The summed E-state index contributed by atoms with van der Waals surface area (Å²) in [5, 5.41) is 2.28. The molecule has 0 bridgehead atoms. The van der Waals surface area contributed by atoms with Gasteiger partial charge in [0, 0.05) is 7.11 Å². The summed E-state index contributed by atoms with van der Waals surface area (Å²) in [7, 11) is -4.18. The highest BCUT2D eigenvalue weighted by atomic mass is 32.1. The Morgan fingerprint density at radius 3 is 2.55 bits per heavy atom. The van der Waals surface area contributed by atoms with Gasteiger partial charge in [-0.3, -0.25) is 28.0 Å². The standard InChI is InChI=1S/C22H28FN11O10P2S/c1-39-14-9(44-21(15(14)40-7-47)34-6-29-13-18(34)30-22(25)31-19(13)35)3-42-46(37,38)32-11-8(2-41-45-36)43-20(10(11)23)33-5-28-12-16(24)26-4-27-17(12)33/h4-6,8-11,14-15,20-21,47H,2-3,7H2,1H3,(H2,24,26,27)(H2,32,37,38)(H3,25,30,31,35). The lowest BCUT2D eigenvalue weighted by Crippen LogP contribution is -2.43. The van der Waals surface area contributed by atoms with Crippen LogP contribution >= 0.6 is 29.1 Å². The van der Waals surface area contributed by atoms with E-state index >= 15 is 4.39 Å². The Bertz CT molecular complexity index is 1870. The number of hydrogen-bond donors (Lipinski definition) is 6. The summed E-state index contributed by atoms with van der Waals surface area (Å²) in [5.41, 5.74) is 11.4. The Morgan fingerprint density at radius 2 is 1.83 bits per heavy atom. The number of aromatic amines is 1. The average molecular weight is 720 g/mol. The van der Waals surface area contributed by atoms with Gasteiger partial charge in [-0.2, -0.15) is 17.6 Å². The number of rotatable bonds is 13. The highest BCUT2D eigenvalue weighted by Crippen LogP contribution is 2.45. The number of aromatic nitrogens is 8. The molecule has 0 saturated carbocycles. The molecule has 6 rings (SSSR count). The molecule has 0 amide bonds. The molecule has 6 heterocycles. The molecule has 0 spiro atoms. The molecule has 2 aliphatic heterocycles. The van der Waals surface area contributed by atoms with Crippen molar-refractivity contribution in [1.82, 2.24) is 44.1 Å². The van der Waals surface area contributed by atoms with Crippen molar-refractivity contribution in [3.63, 3.8) is 0 Å². The minimum Gasteiger partial charge on any atom is -0.382 e. The second-order valence-corrected chi connectivity index (χ2v) is 12.5. The molecule has 0 radical (unpaired) electrons. The first-order valence-electron chi connectivity index (χ1n) is 13.6. The third-order valence-electron chi connectivity index (χ3n) is 7.56. The summed E-state index contributed by atoms with van der Waals surface area (Å²) in [4.78, 5) is 45.7. The number of fused-ring (bicyclic) bond motifs is 2. The van der Waals surface area contributed by atoms with Crippen LogP contribution in [0.5, 0.6) is 0 Å². The number of alkyl halides is 1. The van der Waals surface area contributed by atoms with Crippen LogP contribution in [0.3, 0.4) is 0 Å². The predicted molar refractivity (Wildman–Crippen MR) is 161 cm³/mol. The highest BCUT2D eigenvalue weighted by molar-refractivity contribution is 7.80. The van der Waals surface area contributed by atoms with Crippen molar-refractivity contribution in [2.24, 2.45) is 0 Å². The number of nitrogens with one attached hydrogen (secondary N) is 2. The van der Waals surface area contributed by atoms with Crippen LogP contribution in [0.15, 0.2) is 23.8 Å². The summed E-state index contributed by atoms with van der Waals surface area (Å²) in [6, 6.07) is -1.50. The van der Waals surface area contributed by atoms with Gasteiger partial charge in [0.2, 0.25) is 5.95 Å². The third-order valence-corrected chi connectivity index (χ3v) is 9.09. The zero-order valence-electron chi connectivity index (χ0n) is 24.1. The number of anilines is 2. The van der Waals surface area contributed by atoms with Gasteiger partial charge < -0.3 is 35.3 Å². The van der Waals surface area contributed by atoms with E-state index in [-0.39, 0.29) is 40.0 Å². The lowest BCUT2D eigenvalue weighted by molar-refractivity contribution is -0.0596. The minimum absolute atomic E-state index is 0.0161. The number of nitrogens with zero attached hydrogens (tertiary/aromatic N) is 7. The van der Waals surface area contributed by atoms with E-state index in [2.05, 4.69) is 47.6 Å². The van der Waals surface area contributed by atoms with E-state index in [0.29, 0.717) is 0 Å². The molecule has 0 aromatic carbocycles. The van der Waals surface area contributed by atoms with Crippen LogP contribution in [0, 0.1) is 0 Å². The van der Waals surface area contributed by atoms with Gasteiger partial charge in [-0.1, -0.05) is 0 Å². The number of H-pyrrole nitrogens is 1. The molecule has 9 atom stereocenters. The summed E-state index contributed by atoms with van der Waals surface area (Å²) in [6.45, 7) is -0.979. The number of nitrogen functional groups attached to an aromatic ring is 2. The molecule has 0 aliphatic carbocycles. The van der Waals surface area contributed by atoms with E-state index in [1.165, 1.54) is 28.9 Å². The molecular formula is C22H28FN11O10P2S. The fourth-order valence-electron chi connectivity index (χ4n) is 5.54. The van der Waals surface area contributed by atoms with Gasteiger partial charge in [-0.15, -0.1) is 0 Å². The Hall–Kier alpha value is -3.21. The van der Waals surface area contributed by atoms with Gasteiger partial charge in [0.25, 0.3) is 5.56 Å². The molecule has 9 unspecified atom stereocenters. The zero-order valence-corrected chi connectivity index (χ0v) is 26.8. The minimum atomic E-state index is -4.83. The predicted octanol–water partition coefficient (Wildman–Crippen LogP) is -0.157. The van der Waals surface area contributed by atoms with E-state index in [0.717, 1.165) is 6.33 Å². The maximum atomic E-state index is 16.0. The molecular weight excluding hydrogens is 691 g/mol. The van der Waals surface area contributed by atoms with Crippen LogP contribution in [0.1, 0.15) is 12.5 Å². The first-order valence-corrected chi connectivity index (χ1v) is 16.6. The molecule has 254 valence electrons. The number of halogens is 1. The molecule has 2 saturated heterocycles. The maximum Gasteiger partial charge on any atom is 0.403 e. The number of nitrogens with two attached hydrogens (primary N) is 2. The SMILES string of the molecule is COC1C(COP(=O)(O)NC2C(COP=O)OC(n3cnc4c(N)ncnc43)C2F)OC(n2cnc3c(=O)[nH]c(N)nc32)C1OCS. The Labute approximate surface area is 269 Å². The number of thiol groups is 1. The number of methoxy groups -OCH3 is 1. The van der Waals surface area contributed by atoms with Crippen LogP contribution in [-0.2, 0) is 37.1 Å². The summed E-state index contributed by atoms with van der Waals surface area (Å²) >= 11 is 4.14. The summed E-state index contributed by atoms with van der Waals surface area (Å²) in [6.07, 6.45) is -4.74. The molecule has 47 heavy (non-hydrogen) atoms. The van der Waals surface area contributed by atoms with Gasteiger partial charge in [0.15, 0.2) is 41.3 Å². The number of ether oxygens (including phenoxy) is 4. The van der Waals surface area contributed by atoms with Gasteiger partial charge in [0.1, 0.15) is 36.3 Å². The molecule has 25 heteroatoms. The van der Waals surface area contributed by atoms with Crippen molar-refractivity contribution >= 4 is 63.2 Å². The van der Waals surface area contributed by atoms with Crippen molar-refractivity contribution in [3.05, 3.63) is 29.3 Å². The first-order chi connectivity index (χ1) is 22.6. The van der Waals surface area contributed by atoms with Crippen molar-refractivity contribution in [2.75, 3.05) is 37.7 Å². The van der Waals surface area contributed by atoms with E-state index in [1.807, 2.05) is 0 Å². The van der Waals surface area contributed by atoms with Gasteiger partial charge in [0.05, 0.1) is 37.8 Å². The molecule has 7 N–H and O–H groups in total. The second-order valence-electron chi connectivity index (χ2n) is 10.2. The monoisotopic (exact) mass is 719 g/mol. The molecule has 2 fully saturated rings. The van der Waals surface area contributed by atoms with Gasteiger partial charge in [-0.25, -0.2) is 38.5 Å². The fourth-order valence-corrected chi connectivity index (χ4v) is 7.03. The van der Waals surface area contributed by atoms with Crippen LogP contribution in [0.2, 0.25) is 0 Å². The van der Waals surface area contributed by atoms with Crippen molar-refractivity contribution in [3.8, 4) is 0 Å². The summed E-state index contributed by atoms with van der Waals surface area (Å²) < 4.78 is 76.5. The zero-order chi connectivity index (χ0) is 33.5. The quantitative estimate of drug-likeness (QED) is 0.0595. The lowest BCUT2D eigenvalue weighted by Gasteiger charge is -2.25. The van der Waals surface area contributed by atoms with Crippen LogP contribution < -0.4 is 22.1 Å². The molecule has 4 aromatic rings. The normalized spacial score (nSPS) is 29.3. The van der Waals surface area contributed by atoms with Crippen LogP contribution in [0.4, 0.5) is 16.2 Å². The molecule has 4 aromatic heterocycles. The van der Waals surface area contributed by atoms with Crippen molar-refractivity contribution < 1.29 is 46.4 Å². The Balaban J connectivity index is 1.20. The smallest absolute Gasteiger partial charge is 0.382 e. The van der Waals surface area contributed by atoms with Gasteiger partial charge >= 0.3 is 16.4 Å². The largest absolute Gasteiger partial charge is 0.403 e. The summed E-state index contributed by atoms with van der Waals surface area (Å²) in [5.74, 6) is -0.178. The number of hydrogen-bond acceptors (Lipinski definition) is 17. The first kappa shape index (κ1) is 33.7. The molecule has 2 aliphatic rings. The van der Waals surface area contributed by atoms with E-state index in [4.69, 9.17) is 39.5 Å². The maximum absolute atomic E-state index is 16.0. The van der Waals surface area contributed by atoms with Crippen LogP contribution in [-0.4, -0.2) is 107 Å². The average Bonchev–Trinajstić information content (AvgIpc) is 3.80. The topological polar surface area (TPSA) is 281 Å². The Morgan fingerprint density at radius 1 is 1.11 bits per heavy atom. The van der Waals surface area contributed by atoms with Crippen LogP contribution in [0.25, 0.3) is 22.3 Å². The lowest BCUT2D eigenvalue weighted by atomic mass is 10.1. The van der Waals surface area contributed by atoms with E-state index in [9.17, 15) is 18.8 Å². The third kappa shape index (κ3) is 6.48. The fraction of sp³-hybridized carbons (Fsp3) is 0.545. The highest BCUT2D eigenvalue weighted by Gasteiger charge is 2.51. The number of imidazole rings is 2.